The van der Waals surface area contributed by atoms with Gasteiger partial charge in [-0.05, 0) is 52.7 Å². The Morgan fingerprint density at radius 3 is 2.56 bits per heavy atom. The number of hydrogen-bond acceptors (Lipinski definition) is 5. The van der Waals surface area contributed by atoms with E-state index in [1.165, 1.54) is 22.2 Å². The maximum absolute atomic E-state index is 13.3. The Morgan fingerprint density at radius 2 is 1.89 bits per heavy atom. The lowest BCUT2D eigenvalue weighted by atomic mass is 9.97. The third-order valence-corrected chi connectivity index (χ3v) is 5.60. The summed E-state index contributed by atoms with van der Waals surface area (Å²) in [6, 6.07) is 5.48. The molecule has 1 unspecified atom stereocenters. The summed E-state index contributed by atoms with van der Waals surface area (Å²) in [6.07, 6.45) is 1.21. The van der Waals surface area contributed by atoms with Crippen LogP contribution in [0.25, 0.3) is 21.3 Å². The number of fused-ring (bicyclic) bond motifs is 1. The Labute approximate surface area is 162 Å². The maximum Gasteiger partial charge on any atom is 0.329 e. The second kappa shape index (κ2) is 7.27. The van der Waals surface area contributed by atoms with Crippen LogP contribution in [-0.4, -0.2) is 21.6 Å². The molecular weight excluding hydrogens is 360 g/mol. The quantitative estimate of drug-likeness (QED) is 0.619. The number of carbonyl (C=O) groups excluding carboxylic acids is 1. The summed E-state index contributed by atoms with van der Waals surface area (Å²) >= 11 is 1.50. The molecule has 2 heterocycles. The first kappa shape index (κ1) is 19.3. The molecule has 0 aliphatic heterocycles. The monoisotopic (exact) mass is 384 g/mol. The summed E-state index contributed by atoms with van der Waals surface area (Å²) in [4.78, 5) is 31.8. The van der Waals surface area contributed by atoms with E-state index in [4.69, 9.17) is 4.74 Å². The first-order chi connectivity index (χ1) is 12.7. The molecule has 0 spiro atoms. The molecule has 0 saturated carbocycles. The van der Waals surface area contributed by atoms with Crippen LogP contribution >= 0.6 is 11.3 Å². The van der Waals surface area contributed by atoms with Crippen LogP contribution in [0.3, 0.4) is 0 Å². The lowest BCUT2D eigenvalue weighted by molar-refractivity contribution is -0.151. The van der Waals surface area contributed by atoms with Crippen LogP contribution in [0.2, 0.25) is 0 Å². The second-order valence-corrected chi connectivity index (χ2v) is 8.35. The third-order valence-electron chi connectivity index (χ3n) is 4.59. The van der Waals surface area contributed by atoms with Crippen LogP contribution in [0, 0.1) is 20.8 Å². The van der Waals surface area contributed by atoms with Gasteiger partial charge in [-0.3, -0.25) is 9.36 Å². The van der Waals surface area contributed by atoms with E-state index in [-0.39, 0.29) is 11.7 Å². The zero-order valence-electron chi connectivity index (χ0n) is 16.5. The summed E-state index contributed by atoms with van der Waals surface area (Å²) in [5, 5.41) is 0.567. The molecule has 0 fully saturated rings. The highest BCUT2D eigenvalue weighted by molar-refractivity contribution is 7.19. The molecule has 3 aromatic rings. The van der Waals surface area contributed by atoms with Crippen LogP contribution in [0.4, 0.5) is 0 Å². The predicted molar refractivity (Wildman–Crippen MR) is 109 cm³/mol. The number of benzene rings is 1. The van der Waals surface area contributed by atoms with Gasteiger partial charge in [0, 0.05) is 10.4 Å². The topological polar surface area (TPSA) is 61.2 Å². The highest BCUT2D eigenvalue weighted by atomic mass is 32.1. The lowest BCUT2D eigenvalue weighted by Crippen LogP contribution is -2.30. The Hall–Kier alpha value is -2.47. The Kier molecular flexibility index (Phi) is 5.20. The standard InChI is InChI=1S/C21H24N2O3S/c1-11(2)26-21(25)14(5)23-10-22-19-18(20(23)24)17(15(6)27-19)16-9-12(3)7-8-13(16)4/h7-11,14H,1-6H3. The molecule has 0 N–H and O–H groups in total. The molecule has 0 aliphatic carbocycles. The minimum absolute atomic E-state index is 0.214. The van der Waals surface area contributed by atoms with Crippen molar-refractivity contribution in [3.63, 3.8) is 0 Å². The van der Waals surface area contributed by atoms with Crippen LogP contribution < -0.4 is 5.56 Å². The molecule has 0 bridgehead atoms. The number of aryl methyl sites for hydroxylation is 3. The van der Waals surface area contributed by atoms with Crippen LogP contribution in [0.15, 0.2) is 29.3 Å². The molecule has 6 heteroatoms. The SMILES string of the molecule is Cc1ccc(C)c(-c2c(C)sc3ncn(C(C)C(=O)OC(C)C)c(=O)c23)c1. The van der Waals surface area contributed by atoms with Gasteiger partial charge in [0.1, 0.15) is 10.9 Å². The zero-order valence-corrected chi connectivity index (χ0v) is 17.3. The fourth-order valence-electron chi connectivity index (χ4n) is 3.17. The molecule has 27 heavy (non-hydrogen) atoms. The van der Waals surface area contributed by atoms with Crippen LogP contribution in [0.5, 0.6) is 0 Å². The molecule has 142 valence electrons. The van der Waals surface area contributed by atoms with Crippen molar-refractivity contribution in [2.75, 3.05) is 0 Å². The summed E-state index contributed by atoms with van der Waals surface area (Å²) in [5.41, 5.74) is 3.96. The molecule has 1 aromatic carbocycles. The largest absolute Gasteiger partial charge is 0.461 e. The molecule has 0 aliphatic rings. The van der Waals surface area contributed by atoms with Gasteiger partial charge in [-0.15, -0.1) is 11.3 Å². The molecule has 5 nitrogen and oxygen atoms in total. The average Bonchev–Trinajstić information content (AvgIpc) is 2.93. The summed E-state index contributed by atoms with van der Waals surface area (Å²) < 4.78 is 6.63. The number of hydrogen-bond donors (Lipinski definition) is 0. The van der Waals surface area contributed by atoms with Gasteiger partial charge in [0.15, 0.2) is 0 Å². The molecule has 1 atom stereocenters. The maximum atomic E-state index is 13.3. The molecule has 0 saturated heterocycles. The van der Waals surface area contributed by atoms with Gasteiger partial charge in [0.2, 0.25) is 0 Å². The summed E-state index contributed by atoms with van der Waals surface area (Å²) in [5.74, 6) is -0.437. The van der Waals surface area contributed by atoms with E-state index in [1.807, 2.05) is 20.8 Å². The van der Waals surface area contributed by atoms with Gasteiger partial charge in [-0.25, -0.2) is 9.78 Å². The van der Waals surface area contributed by atoms with Crippen molar-refractivity contribution in [3.8, 4) is 11.1 Å². The van der Waals surface area contributed by atoms with Crippen molar-refractivity contribution < 1.29 is 9.53 Å². The smallest absolute Gasteiger partial charge is 0.329 e. The van der Waals surface area contributed by atoms with Crippen molar-refractivity contribution in [2.24, 2.45) is 0 Å². The van der Waals surface area contributed by atoms with Gasteiger partial charge < -0.3 is 4.74 Å². The van der Waals surface area contributed by atoms with Gasteiger partial charge in [0.05, 0.1) is 17.8 Å². The highest BCUT2D eigenvalue weighted by Gasteiger charge is 2.23. The number of ether oxygens (including phenoxy) is 1. The number of aromatic nitrogens is 2. The molecular formula is C21H24N2O3S. The van der Waals surface area contributed by atoms with Crippen molar-refractivity contribution in [2.45, 2.75) is 53.7 Å². The Bertz CT molecular complexity index is 1080. The number of nitrogens with zero attached hydrogens (tertiary/aromatic N) is 2. The van der Waals surface area contributed by atoms with Crippen molar-refractivity contribution >= 4 is 27.5 Å². The number of thiophene rings is 1. The first-order valence-corrected chi connectivity index (χ1v) is 9.80. The summed E-state index contributed by atoms with van der Waals surface area (Å²) in [6.45, 7) is 11.3. The third kappa shape index (κ3) is 3.54. The van der Waals surface area contributed by atoms with Crippen LogP contribution in [0.1, 0.15) is 42.8 Å². The molecule has 0 radical (unpaired) electrons. The van der Waals surface area contributed by atoms with Gasteiger partial charge in [-0.2, -0.15) is 0 Å². The predicted octanol–water partition coefficient (Wildman–Crippen LogP) is 4.56. The van der Waals surface area contributed by atoms with E-state index in [1.54, 1.807) is 20.8 Å². The van der Waals surface area contributed by atoms with Crippen molar-refractivity contribution in [1.29, 1.82) is 0 Å². The Balaban J connectivity index is 2.23. The number of rotatable bonds is 4. The molecule has 2 aromatic heterocycles. The second-order valence-electron chi connectivity index (χ2n) is 7.15. The molecule has 3 rings (SSSR count). The van der Waals surface area contributed by atoms with E-state index in [2.05, 4.69) is 23.2 Å². The van der Waals surface area contributed by atoms with Crippen LogP contribution in [-0.2, 0) is 9.53 Å². The fourth-order valence-corrected chi connectivity index (χ4v) is 4.16. The van der Waals surface area contributed by atoms with E-state index < -0.39 is 12.0 Å². The van der Waals surface area contributed by atoms with Gasteiger partial charge >= 0.3 is 5.97 Å². The van der Waals surface area contributed by atoms with Gasteiger partial charge in [-0.1, -0.05) is 23.8 Å². The van der Waals surface area contributed by atoms with Crippen molar-refractivity contribution in [3.05, 3.63) is 50.9 Å². The zero-order chi connectivity index (χ0) is 19.9. The normalized spacial score (nSPS) is 12.6. The number of carbonyl (C=O) groups is 1. The van der Waals surface area contributed by atoms with Gasteiger partial charge in [0.25, 0.3) is 5.56 Å². The minimum Gasteiger partial charge on any atom is -0.461 e. The van der Waals surface area contributed by atoms with E-state index in [9.17, 15) is 9.59 Å². The van der Waals surface area contributed by atoms with E-state index in [0.29, 0.717) is 10.2 Å². The molecule has 0 amide bonds. The van der Waals surface area contributed by atoms with E-state index in [0.717, 1.165) is 27.1 Å². The Morgan fingerprint density at radius 1 is 1.19 bits per heavy atom. The highest BCUT2D eigenvalue weighted by Crippen LogP contribution is 2.37. The van der Waals surface area contributed by atoms with E-state index >= 15 is 0 Å². The van der Waals surface area contributed by atoms with Crippen molar-refractivity contribution in [1.82, 2.24) is 9.55 Å². The lowest BCUT2D eigenvalue weighted by Gasteiger charge is -2.16. The number of esters is 1. The fraction of sp³-hybridized carbons (Fsp3) is 0.381. The first-order valence-electron chi connectivity index (χ1n) is 8.99. The average molecular weight is 385 g/mol. The minimum atomic E-state index is -0.733. The summed E-state index contributed by atoms with van der Waals surface area (Å²) in [7, 11) is 0.